The summed E-state index contributed by atoms with van der Waals surface area (Å²) in [7, 11) is 0. The lowest BCUT2D eigenvalue weighted by atomic mass is 9.76. The molecule has 43 heavy (non-hydrogen) atoms. The van der Waals surface area contributed by atoms with Crippen molar-refractivity contribution >= 4 is 10.8 Å². The molecule has 9 heteroatoms. The molecule has 228 valence electrons. The minimum absolute atomic E-state index is 0.122. The second-order valence-electron chi connectivity index (χ2n) is 11.1. The van der Waals surface area contributed by atoms with Crippen LogP contribution in [0.1, 0.15) is 78.7 Å². The molecule has 0 atom stereocenters. The van der Waals surface area contributed by atoms with Crippen molar-refractivity contribution in [1.82, 2.24) is 0 Å². The number of hydrogen-bond acceptors (Lipinski definition) is 2. The molecule has 0 N–H and O–H groups in total. The molecular formula is C34H31F7O2. The van der Waals surface area contributed by atoms with Crippen LogP contribution in [0.3, 0.4) is 0 Å². The van der Waals surface area contributed by atoms with E-state index in [1.807, 2.05) is 24.3 Å². The lowest BCUT2D eigenvalue weighted by Crippen LogP contribution is -2.29. The van der Waals surface area contributed by atoms with Gasteiger partial charge in [-0.15, -0.1) is 13.2 Å². The van der Waals surface area contributed by atoms with Crippen molar-refractivity contribution in [3.63, 3.8) is 0 Å². The fourth-order valence-electron chi connectivity index (χ4n) is 5.93. The van der Waals surface area contributed by atoms with Crippen molar-refractivity contribution in [2.45, 2.75) is 76.4 Å². The molecule has 4 aromatic rings. The SMILES string of the molecule is CCCc1ccc2cc(C3CCC(c4ccc(COc5cc(F)c(C(F)(F)OC(F)(F)F)c(F)c5)cc4)CC3)ccc2c1. The van der Waals surface area contributed by atoms with E-state index in [2.05, 4.69) is 48.1 Å². The maximum absolute atomic E-state index is 14.2. The third-order valence-corrected chi connectivity index (χ3v) is 8.07. The number of rotatable bonds is 9. The zero-order valence-electron chi connectivity index (χ0n) is 23.5. The molecule has 5 rings (SSSR count). The minimum Gasteiger partial charge on any atom is -0.489 e. The van der Waals surface area contributed by atoms with Gasteiger partial charge in [-0.05, 0) is 77.0 Å². The molecule has 0 bridgehead atoms. The van der Waals surface area contributed by atoms with E-state index in [-0.39, 0.29) is 6.61 Å². The maximum atomic E-state index is 14.2. The van der Waals surface area contributed by atoms with Crippen LogP contribution in [-0.2, 0) is 23.9 Å². The zero-order chi connectivity index (χ0) is 30.8. The first-order valence-electron chi connectivity index (χ1n) is 14.3. The molecule has 0 radical (unpaired) electrons. The highest BCUT2D eigenvalue weighted by Crippen LogP contribution is 2.42. The minimum atomic E-state index is -5.79. The van der Waals surface area contributed by atoms with Crippen molar-refractivity contribution in [2.24, 2.45) is 0 Å². The Bertz CT molecular complexity index is 1530. The van der Waals surface area contributed by atoms with Gasteiger partial charge in [0.1, 0.15) is 29.6 Å². The summed E-state index contributed by atoms with van der Waals surface area (Å²) < 4.78 is 100. The van der Waals surface area contributed by atoms with Crippen LogP contribution >= 0.6 is 0 Å². The Labute approximate surface area is 245 Å². The van der Waals surface area contributed by atoms with Crippen molar-refractivity contribution < 1.29 is 40.2 Å². The molecule has 0 unspecified atom stereocenters. The Morgan fingerprint density at radius 3 is 1.81 bits per heavy atom. The van der Waals surface area contributed by atoms with Gasteiger partial charge in [0.25, 0.3) is 0 Å². The second-order valence-corrected chi connectivity index (χ2v) is 11.1. The van der Waals surface area contributed by atoms with E-state index in [9.17, 15) is 30.7 Å². The summed E-state index contributed by atoms with van der Waals surface area (Å²) in [6, 6.07) is 21.9. The number of fused-ring (bicyclic) bond motifs is 1. The Balaban J connectivity index is 1.16. The van der Waals surface area contributed by atoms with Crippen molar-refractivity contribution in [3.05, 3.63) is 112 Å². The van der Waals surface area contributed by atoms with Crippen molar-refractivity contribution in [3.8, 4) is 5.75 Å². The van der Waals surface area contributed by atoms with Crippen LogP contribution in [0.15, 0.2) is 72.8 Å². The summed E-state index contributed by atoms with van der Waals surface area (Å²) in [6.45, 7) is 2.06. The normalized spacial score (nSPS) is 17.8. The van der Waals surface area contributed by atoms with Crippen molar-refractivity contribution in [2.75, 3.05) is 0 Å². The Hall–Kier alpha value is -3.59. The van der Waals surface area contributed by atoms with Crippen LogP contribution in [0.2, 0.25) is 0 Å². The molecule has 0 saturated heterocycles. The molecule has 4 aromatic carbocycles. The highest BCUT2D eigenvalue weighted by molar-refractivity contribution is 5.84. The van der Waals surface area contributed by atoms with Crippen LogP contribution in [0, 0.1) is 11.6 Å². The topological polar surface area (TPSA) is 18.5 Å². The monoisotopic (exact) mass is 604 g/mol. The van der Waals surface area contributed by atoms with E-state index in [0.29, 0.717) is 29.5 Å². The number of hydrogen-bond donors (Lipinski definition) is 0. The maximum Gasteiger partial charge on any atom is 0.527 e. The summed E-state index contributed by atoms with van der Waals surface area (Å²) in [6.07, 6.45) is -4.58. The number of halogens is 7. The molecule has 1 aliphatic rings. The highest BCUT2D eigenvalue weighted by atomic mass is 19.4. The molecule has 0 amide bonds. The molecule has 1 saturated carbocycles. The van der Waals surface area contributed by atoms with Crippen LogP contribution in [0.5, 0.6) is 5.75 Å². The first kappa shape index (κ1) is 30.9. The Morgan fingerprint density at radius 1 is 0.674 bits per heavy atom. The van der Waals surface area contributed by atoms with E-state index < -0.39 is 35.4 Å². The van der Waals surface area contributed by atoms with Gasteiger partial charge < -0.3 is 4.74 Å². The fourth-order valence-corrected chi connectivity index (χ4v) is 5.93. The number of aryl methyl sites for hydroxylation is 1. The summed E-state index contributed by atoms with van der Waals surface area (Å²) in [4.78, 5) is 0. The van der Waals surface area contributed by atoms with Gasteiger partial charge in [0.05, 0.1) is 0 Å². The van der Waals surface area contributed by atoms with E-state index in [4.69, 9.17) is 4.74 Å². The molecule has 1 aliphatic carbocycles. The quantitative estimate of drug-likeness (QED) is 0.177. The lowest BCUT2D eigenvalue weighted by Gasteiger charge is -2.29. The van der Waals surface area contributed by atoms with Gasteiger partial charge in [-0.1, -0.05) is 74.0 Å². The highest BCUT2D eigenvalue weighted by Gasteiger charge is 2.49. The van der Waals surface area contributed by atoms with Crippen molar-refractivity contribution in [1.29, 1.82) is 0 Å². The first-order chi connectivity index (χ1) is 20.4. The molecule has 0 heterocycles. The molecular weight excluding hydrogens is 573 g/mol. The number of benzene rings is 4. The summed E-state index contributed by atoms with van der Waals surface area (Å²) in [5, 5.41) is 2.55. The van der Waals surface area contributed by atoms with Crippen LogP contribution in [0.25, 0.3) is 10.8 Å². The van der Waals surface area contributed by atoms with E-state index in [1.165, 1.54) is 27.5 Å². The third-order valence-electron chi connectivity index (χ3n) is 8.07. The predicted molar refractivity (Wildman–Crippen MR) is 150 cm³/mol. The molecule has 1 fully saturated rings. The second kappa shape index (κ2) is 12.6. The van der Waals surface area contributed by atoms with Gasteiger partial charge in [-0.3, -0.25) is 0 Å². The summed E-state index contributed by atoms with van der Waals surface area (Å²) in [5.41, 5.74) is 2.45. The van der Waals surface area contributed by atoms with Gasteiger partial charge in [0, 0.05) is 12.1 Å². The molecule has 2 nitrogen and oxygen atoms in total. The largest absolute Gasteiger partial charge is 0.527 e. The van der Waals surface area contributed by atoms with Crippen LogP contribution < -0.4 is 4.74 Å². The summed E-state index contributed by atoms with van der Waals surface area (Å²) in [5.74, 6) is -3.37. The van der Waals surface area contributed by atoms with Crippen LogP contribution in [0.4, 0.5) is 30.7 Å². The average Bonchev–Trinajstić information content (AvgIpc) is 2.94. The van der Waals surface area contributed by atoms with Gasteiger partial charge >= 0.3 is 12.5 Å². The standard InChI is InChI=1S/C34H31F7O2/c1-2-3-21-4-9-28-17-27(15-14-26(28)16-21)25-12-10-24(11-13-25)23-7-5-22(6-8-23)20-42-29-18-30(35)32(31(36)19-29)33(37,38)43-34(39,40)41/h4-9,14-19,24-25H,2-3,10-13,20H2,1H3. The average molecular weight is 605 g/mol. The summed E-state index contributed by atoms with van der Waals surface area (Å²) >= 11 is 0. The first-order valence-corrected chi connectivity index (χ1v) is 14.3. The number of ether oxygens (including phenoxy) is 2. The molecule has 0 spiro atoms. The molecule has 0 aliphatic heterocycles. The van der Waals surface area contributed by atoms with E-state index in [1.54, 1.807) is 0 Å². The van der Waals surface area contributed by atoms with E-state index >= 15 is 0 Å². The Kier molecular flexibility index (Phi) is 9.02. The molecule has 0 aromatic heterocycles. The Morgan fingerprint density at radius 2 is 1.21 bits per heavy atom. The third kappa shape index (κ3) is 7.50. The zero-order valence-corrected chi connectivity index (χ0v) is 23.5. The lowest BCUT2D eigenvalue weighted by molar-refractivity contribution is -0.432. The smallest absolute Gasteiger partial charge is 0.489 e. The van der Waals surface area contributed by atoms with Gasteiger partial charge in [-0.25, -0.2) is 13.5 Å². The van der Waals surface area contributed by atoms with Gasteiger partial charge in [-0.2, -0.15) is 8.78 Å². The van der Waals surface area contributed by atoms with Gasteiger partial charge in [0.15, 0.2) is 0 Å². The van der Waals surface area contributed by atoms with Gasteiger partial charge in [0.2, 0.25) is 0 Å². The predicted octanol–water partition coefficient (Wildman–Crippen LogP) is 10.7. The number of alkyl halides is 5. The van der Waals surface area contributed by atoms with Crippen LogP contribution in [-0.4, -0.2) is 6.36 Å². The fraction of sp³-hybridized carbons (Fsp3) is 0.353. The van der Waals surface area contributed by atoms with E-state index in [0.717, 1.165) is 38.5 Å².